The quantitative estimate of drug-likeness (QED) is 0.366. The van der Waals surface area contributed by atoms with Crippen LogP contribution in [-0.2, 0) is 11.3 Å². The van der Waals surface area contributed by atoms with Gasteiger partial charge in [-0.3, -0.25) is 9.78 Å². The maximum Gasteiger partial charge on any atom is 0.348 e. The van der Waals surface area contributed by atoms with E-state index in [9.17, 15) is 14.0 Å². The maximum absolute atomic E-state index is 13.8. The fraction of sp³-hybridized carbons (Fsp3) is 0.407. The molecule has 1 heterocycles. The summed E-state index contributed by atoms with van der Waals surface area (Å²) in [5.41, 5.74) is 1.35. The summed E-state index contributed by atoms with van der Waals surface area (Å²) in [5.74, 6) is 0.439. The van der Waals surface area contributed by atoms with Crippen LogP contribution < -0.4 is 11.0 Å². The molecule has 1 aliphatic rings. The molecule has 1 amide bonds. The Balaban J connectivity index is 1.61. The normalized spacial score (nSPS) is 15.2. The minimum atomic E-state index is -0.937. The maximum atomic E-state index is 13.8. The van der Waals surface area contributed by atoms with E-state index in [4.69, 9.17) is 23.2 Å². The van der Waals surface area contributed by atoms with E-state index in [2.05, 4.69) is 20.3 Å². The van der Waals surface area contributed by atoms with Crippen molar-refractivity contribution in [2.75, 3.05) is 6.67 Å². The second-order valence-electron chi connectivity index (χ2n) is 9.69. The molecular weight excluding hydrogens is 502 g/mol. The Hall–Kier alpha value is -2.77. The smallest absolute Gasteiger partial charge is 0.348 e. The number of halogens is 3. The summed E-state index contributed by atoms with van der Waals surface area (Å²) >= 11 is 12.8. The van der Waals surface area contributed by atoms with Crippen LogP contribution in [0.1, 0.15) is 63.0 Å². The van der Waals surface area contributed by atoms with Crippen molar-refractivity contribution in [1.29, 1.82) is 0 Å². The minimum Gasteiger partial charge on any atom is -0.351 e. The average molecular weight is 531 g/mol. The van der Waals surface area contributed by atoms with E-state index in [1.54, 1.807) is 30.3 Å². The standard InChI is InChI=1S/C27H29Cl2FN4O2/c1-16(2)19-13-18(7-9-21(19)28)23-32-24(34-26(36)33-23)20-12-17(6-8-22(20)29)14-31-25(35)27(15-30)10-4-3-5-11-27/h6-9,12-13,16H,3-5,10-11,14-15H2,1-2H3,(H,31,35)(H,32,33,34,36). The summed E-state index contributed by atoms with van der Waals surface area (Å²) in [4.78, 5) is 36.5. The van der Waals surface area contributed by atoms with E-state index in [1.165, 1.54) is 0 Å². The number of rotatable bonds is 7. The molecule has 1 aliphatic carbocycles. The molecule has 0 aliphatic heterocycles. The van der Waals surface area contributed by atoms with Gasteiger partial charge >= 0.3 is 5.69 Å². The lowest BCUT2D eigenvalue weighted by Crippen LogP contribution is -2.43. The molecule has 2 aromatic carbocycles. The molecule has 2 N–H and O–H groups in total. The van der Waals surface area contributed by atoms with Crippen LogP contribution >= 0.6 is 23.2 Å². The molecule has 0 radical (unpaired) electrons. The third kappa shape index (κ3) is 5.62. The van der Waals surface area contributed by atoms with E-state index in [0.29, 0.717) is 34.0 Å². The van der Waals surface area contributed by atoms with Crippen LogP contribution in [0.15, 0.2) is 41.2 Å². The summed E-state index contributed by atoms with van der Waals surface area (Å²) in [6.45, 7) is 3.62. The van der Waals surface area contributed by atoms with Gasteiger partial charge in [0.25, 0.3) is 0 Å². The molecule has 190 valence electrons. The van der Waals surface area contributed by atoms with Crippen LogP contribution in [0.2, 0.25) is 10.0 Å². The zero-order valence-corrected chi connectivity index (χ0v) is 21.8. The number of nitrogens with zero attached hydrogens (tertiary/aromatic N) is 2. The minimum absolute atomic E-state index is 0.186. The van der Waals surface area contributed by atoms with Crippen molar-refractivity contribution in [2.45, 2.75) is 58.4 Å². The average Bonchev–Trinajstić information content (AvgIpc) is 2.88. The van der Waals surface area contributed by atoms with Crippen LogP contribution in [0.4, 0.5) is 4.39 Å². The Morgan fingerprint density at radius 1 is 1.08 bits per heavy atom. The first-order valence-electron chi connectivity index (χ1n) is 12.1. The number of nitrogens with one attached hydrogen (secondary N) is 2. The number of carbonyl (C=O) groups is 1. The van der Waals surface area contributed by atoms with Gasteiger partial charge in [0, 0.05) is 22.7 Å². The number of alkyl halides is 1. The molecule has 1 aromatic heterocycles. The van der Waals surface area contributed by atoms with E-state index in [1.807, 2.05) is 19.9 Å². The number of benzene rings is 2. The molecule has 0 saturated heterocycles. The van der Waals surface area contributed by atoms with Crippen molar-refractivity contribution >= 4 is 29.1 Å². The van der Waals surface area contributed by atoms with Gasteiger partial charge in [0.05, 0.1) is 10.4 Å². The highest BCUT2D eigenvalue weighted by atomic mass is 35.5. The molecule has 6 nitrogen and oxygen atoms in total. The molecule has 4 rings (SSSR count). The SMILES string of the molecule is CC(C)c1cc(-c2nc(-c3cc(CNC(=O)C4(CF)CCCCC4)ccc3Cl)[nH]c(=O)n2)ccc1Cl. The number of H-pyrrole nitrogens is 1. The number of hydrogen-bond donors (Lipinski definition) is 2. The van der Waals surface area contributed by atoms with Crippen LogP contribution in [0, 0.1) is 5.41 Å². The lowest BCUT2D eigenvalue weighted by Gasteiger charge is -2.33. The summed E-state index contributed by atoms with van der Waals surface area (Å²) in [5, 5.41) is 3.91. The van der Waals surface area contributed by atoms with Gasteiger partial charge in [0.1, 0.15) is 12.5 Å². The predicted octanol–water partition coefficient (Wildman–Crippen LogP) is 6.47. The fourth-order valence-electron chi connectivity index (χ4n) is 4.65. The molecule has 0 spiro atoms. The van der Waals surface area contributed by atoms with Gasteiger partial charge in [-0.25, -0.2) is 14.2 Å². The highest BCUT2D eigenvalue weighted by Crippen LogP contribution is 2.37. The zero-order chi connectivity index (χ0) is 25.9. The molecule has 0 bridgehead atoms. The summed E-state index contributed by atoms with van der Waals surface area (Å²) in [6, 6.07) is 10.6. The highest BCUT2D eigenvalue weighted by Gasteiger charge is 2.39. The Kier molecular flexibility index (Phi) is 8.10. The fourth-order valence-corrected chi connectivity index (χ4v) is 5.19. The van der Waals surface area contributed by atoms with E-state index in [0.717, 1.165) is 30.4 Å². The van der Waals surface area contributed by atoms with Crippen molar-refractivity contribution in [1.82, 2.24) is 20.3 Å². The molecule has 3 aromatic rings. The number of amides is 1. The number of hydrogen-bond acceptors (Lipinski definition) is 4. The van der Waals surface area contributed by atoms with Gasteiger partial charge in [-0.05, 0) is 60.2 Å². The van der Waals surface area contributed by atoms with Gasteiger partial charge in [-0.1, -0.05) is 62.4 Å². The summed E-state index contributed by atoms with van der Waals surface area (Å²) < 4.78 is 13.8. The van der Waals surface area contributed by atoms with Crippen LogP contribution in [0.3, 0.4) is 0 Å². The molecule has 36 heavy (non-hydrogen) atoms. The first-order valence-corrected chi connectivity index (χ1v) is 12.9. The van der Waals surface area contributed by atoms with Gasteiger partial charge in [0.2, 0.25) is 5.91 Å². The Labute approximate surface area is 219 Å². The largest absolute Gasteiger partial charge is 0.351 e. The van der Waals surface area contributed by atoms with Crippen molar-refractivity contribution in [3.05, 3.63) is 68.1 Å². The van der Waals surface area contributed by atoms with Crippen molar-refractivity contribution in [3.8, 4) is 22.8 Å². The molecule has 1 fully saturated rings. The van der Waals surface area contributed by atoms with E-state index in [-0.39, 0.29) is 30.0 Å². The lowest BCUT2D eigenvalue weighted by atomic mass is 9.74. The van der Waals surface area contributed by atoms with E-state index < -0.39 is 17.8 Å². The van der Waals surface area contributed by atoms with Gasteiger partial charge < -0.3 is 5.32 Å². The Morgan fingerprint density at radius 2 is 1.81 bits per heavy atom. The van der Waals surface area contributed by atoms with Gasteiger partial charge in [0.15, 0.2) is 5.82 Å². The second-order valence-corrected chi connectivity index (χ2v) is 10.5. The second kappa shape index (κ2) is 11.1. The molecule has 9 heteroatoms. The predicted molar refractivity (Wildman–Crippen MR) is 141 cm³/mol. The molecular formula is C27H29Cl2FN4O2. The monoisotopic (exact) mass is 530 g/mol. The number of aromatic amines is 1. The van der Waals surface area contributed by atoms with Crippen LogP contribution in [0.25, 0.3) is 22.8 Å². The van der Waals surface area contributed by atoms with Crippen molar-refractivity contribution in [3.63, 3.8) is 0 Å². The molecule has 1 saturated carbocycles. The van der Waals surface area contributed by atoms with Crippen LogP contribution in [-0.4, -0.2) is 27.5 Å². The van der Waals surface area contributed by atoms with Crippen molar-refractivity contribution < 1.29 is 9.18 Å². The number of aromatic nitrogens is 3. The zero-order valence-electron chi connectivity index (χ0n) is 20.3. The lowest BCUT2D eigenvalue weighted by molar-refractivity contribution is -0.134. The van der Waals surface area contributed by atoms with Gasteiger partial charge in [-0.15, -0.1) is 0 Å². The van der Waals surface area contributed by atoms with E-state index >= 15 is 0 Å². The molecule has 0 atom stereocenters. The first kappa shape index (κ1) is 26.3. The third-order valence-corrected chi connectivity index (χ3v) is 7.49. The summed E-state index contributed by atoms with van der Waals surface area (Å²) in [6.07, 6.45) is 3.88. The van der Waals surface area contributed by atoms with Crippen molar-refractivity contribution in [2.24, 2.45) is 5.41 Å². The van der Waals surface area contributed by atoms with Crippen LogP contribution in [0.5, 0.6) is 0 Å². The number of carbonyl (C=O) groups excluding carboxylic acids is 1. The third-order valence-electron chi connectivity index (χ3n) is 6.81. The topological polar surface area (TPSA) is 87.7 Å². The molecule has 0 unspecified atom stereocenters. The Morgan fingerprint density at radius 3 is 2.50 bits per heavy atom. The Bertz CT molecular complexity index is 1320. The highest BCUT2D eigenvalue weighted by molar-refractivity contribution is 6.33. The first-order chi connectivity index (χ1) is 17.2. The summed E-state index contributed by atoms with van der Waals surface area (Å²) in [7, 11) is 0. The van der Waals surface area contributed by atoms with Gasteiger partial charge in [-0.2, -0.15) is 4.98 Å².